The van der Waals surface area contributed by atoms with Crippen LogP contribution in [0.15, 0.2) is 63.9 Å². The molecule has 0 aliphatic heterocycles. The van der Waals surface area contributed by atoms with Crippen LogP contribution in [0.3, 0.4) is 0 Å². The van der Waals surface area contributed by atoms with Crippen molar-refractivity contribution in [2.75, 3.05) is 6.54 Å². The molecule has 6 nitrogen and oxygen atoms in total. The molecular formula is C17H17N3O3S. The molecule has 24 heavy (non-hydrogen) atoms. The van der Waals surface area contributed by atoms with Crippen LogP contribution in [-0.2, 0) is 16.4 Å². The van der Waals surface area contributed by atoms with Gasteiger partial charge >= 0.3 is 0 Å². The third-order valence-corrected chi connectivity index (χ3v) is 4.45. The number of hydrogen-bond acceptors (Lipinski definition) is 5. The van der Waals surface area contributed by atoms with E-state index in [4.69, 9.17) is 15.3 Å². The highest BCUT2D eigenvalue weighted by Gasteiger charge is 2.17. The lowest BCUT2D eigenvalue weighted by Gasteiger charge is -2.03. The molecule has 0 saturated heterocycles. The first-order valence-corrected chi connectivity index (χ1v) is 8.92. The number of nitrogens with two attached hydrogens (primary N) is 2. The van der Waals surface area contributed by atoms with Crippen LogP contribution in [0.25, 0.3) is 22.6 Å². The number of nitrogens with zero attached hydrogens (tertiary/aromatic N) is 1. The van der Waals surface area contributed by atoms with E-state index >= 15 is 0 Å². The van der Waals surface area contributed by atoms with Crippen LogP contribution in [0.1, 0.15) is 5.89 Å². The van der Waals surface area contributed by atoms with Crippen LogP contribution in [0.5, 0.6) is 0 Å². The minimum absolute atomic E-state index is 0.0502. The zero-order valence-electron chi connectivity index (χ0n) is 12.8. The second-order valence-corrected chi connectivity index (χ2v) is 6.82. The summed E-state index contributed by atoms with van der Waals surface area (Å²) in [5.74, 6) is 1.12. The number of benzene rings is 2. The van der Waals surface area contributed by atoms with Crippen LogP contribution >= 0.6 is 0 Å². The van der Waals surface area contributed by atoms with Crippen molar-refractivity contribution in [1.29, 1.82) is 0 Å². The lowest BCUT2D eigenvalue weighted by atomic mass is 10.1. The molecule has 0 aliphatic rings. The van der Waals surface area contributed by atoms with E-state index in [9.17, 15) is 8.42 Å². The average Bonchev–Trinajstić information content (AvgIpc) is 2.99. The van der Waals surface area contributed by atoms with Crippen molar-refractivity contribution < 1.29 is 12.8 Å². The topological polar surface area (TPSA) is 112 Å². The maximum absolute atomic E-state index is 11.4. The molecule has 1 heterocycles. The predicted molar refractivity (Wildman–Crippen MR) is 91.5 cm³/mol. The summed E-state index contributed by atoms with van der Waals surface area (Å²) in [6, 6.07) is 15.8. The highest BCUT2D eigenvalue weighted by atomic mass is 32.2. The number of hydrogen-bond donors (Lipinski definition) is 2. The van der Waals surface area contributed by atoms with Crippen molar-refractivity contribution in [2.45, 2.75) is 11.3 Å². The molecule has 0 fully saturated rings. The van der Waals surface area contributed by atoms with Gasteiger partial charge in [0, 0.05) is 24.1 Å². The van der Waals surface area contributed by atoms with Crippen molar-refractivity contribution >= 4 is 10.0 Å². The molecule has 0 spiro atoms. The molecule has 2 aromatic carbocycles. The molecule has 0 saturated carbocycles. The van der Waals surface area contributed by atoms with Crippen LogP contribution in [0, 0.1) is 0 Å². The summed E-state index contributed by atoms with van der Waals surface area (Å²) in [4.78, 5) is 4.58. The van der Waals surface area contributed by atoms with Gasteiger partial charge in [0.15, 0.2) is 11.7 Å². The summed E-state index contributed by atoms with van der Waals surface area (Å²) in [5, 5.41) is 5.13. The summed E-state index contributed by atoms with van der Waals surface area (Å²) in [5.41, 5.74) is 7.91. The number of rotatable bonds is 5. The first kappa shape index (κ1) is 16.4. The minimum Gasteiger partial charge on any atom is -0.440 e. The monoisotopic (exact) mass is 343 g/mol. The molecule has 0 atom stereocenters. The second-order valence-electron chi connectivity index (χ2n) is 5.26. The van der Waals surface area contributed by atoms with E-state index in [0.29, 0.717) is 30.3 Å². The smallest absolute Gasteiger partial charge is 0.238 e. The van der Waals surface area contributed by atoms with E-state index in [0.717, 1.165) is 11.1 Å². The summed E-state index contributed by atoms with van der Waals surface area (Å²) < 4.78 is 28.6. The summed E-state index contributed by atoms with van der Waals surface area (Å²) in [7, 11) is -3.73. The highest BCUT2D eigenvalue weighted by molar-refractivity contribution is 7.89. The van der Waals surface area contributed by atoms with Gasteiger partial charge < -0.3 is 10.2 Å². The van der Waals surface area contributed by atoms with Gasteiger partial charge in [0.2, 0.25) is 10.0 Å². The molecule has 0 amide bonds. The SMILES string of the molecule is NCCc1nc(-c2ccccc2)c(-c2ccc(S(N)(=O)=O)cc2)o1. The van der Waals surface area contributed by atoms with Gasteiger partial charge in [-0.05, 0) is 24.3 Å². The Bertz CT molecular complexity index is 933. The van der Waals surface area contributed by atoms with Gasteiger partial charge in [-0.1, -0.05) is 30.3 Å². The molecule has 0 unspecified atom stereocenters. The van der Waals surface area contributed by atoms with E-state index in [1.165, 1.54) is 12.1 Å². The lowest BCUT2D eigenvalue weighted by molar-refractivity contribution is 0.508. The van der Waals surface area contributed by atoms with Gasteiger partial charge in [0.05, 0.1) is 4.90 Å². The Balaban J connectivity index is 2.09. The number of aromatic nitrogens is 1. The Morgan fingerprint density at radius 3 is 2.21 bits per heavy atom. The molecule has 3 aromatic rings. The van der Waals surface area contributed by atoms with Gasteiger partial charge in [-0.15, -0.1) is 0 Å². The number of oxazole rings is 1. The van der Waals surface area contributed by atoms with Crippen LogP contribution in [0.2, 0.25) is 0 Å². The first-order valence-electron chi connectivity index (χ1n) is 7.37. The largest absolute Gasteiger partial charge is 0.440 e. The van der Waals surface area contributed by atoms with Gasteiger partial charge in [-0.25, -0.2) is 18.5 Å². The van der Waals surface area contributed by atoms with Crippen LogP contribution in [0.4, 0.5) is 0 Å². The van der Waals surface area contributed by atoms with Crippen molar-refractivity contribution in [3.8, 4) is 22.6 Å². The molecule has 4 N–H and O–H groups in total. The van der Waals surface area contributed by atoms with E-state index in [1.54, 1.807) is 12.1 Å². The number of primary sulfonamides is 1. The zero-order valence-corrected chi connectivity index (χ0v) is 13.7. The van der Waals surface area contributed by atoms with Crippen LogP contribution < -0.4 is 10.9 Å². The van der Waals surface area contributed by atoms with Crippen LogP contribution in [-0.4, -0.2) is 19.9 Å². The van der Waals surface area contributed by atoms with Gasteiger partial charge in [0.25, 0.3) is 0 Å². The first-order chi connectivity index (χ1) is 11.5. The Hall–Kier alpha value is -2.48. The molecule has 1 aromatic heterocycles. The Labute approximate surface area is 140 Å². The van der Waals surface area contributed by atoms with E-state index in [2.05, 4.69) is 4.98 Å². The fraction of sp³-hybridized carbons (Fsp3) is 0.118. The summed E-state index contributed by atoms with van der Waals surface area (Å²) in [6.07, 6.45) is 0.523. The van der Waals surface area contributed by atoms with Crippen molar-refractivity contribution in [3.05, 3.63) is 60.5 Å². The zero-order chi connectivity index (χ0) is 17.2. The molecule has 0 bridgehead atoms. The van der Waals surface area contributed by atoms with Crippen molar-refractivity contribution in [1.82, 2.24) is 4.98 Å². The van der Waals surface area contributed by atoms with Gasteiger partial charge in [-0.2, -0.15) is 0 Å². The molecule has 0 aliphatic carbocycles. The fourth-order valence-corrected chi connectivity index (χ4v) is 2.89. The van der Waals surface area contributed by atoms with Gasteiger partial charge in [-0.3, -0.25) is 0 Å². The van der Waals surface area contributed by atoms with Gasteiger partial charge in [0.1, 0.15) is 5.69 Å². The Morgan fingerprint density at radius 2 is 1.62 bits per heavy atom. The van der Waals surface area contributed by atoms with Crippen molar-refractivity contribution in [3.63, 3.8) is 0 Å². The maximum atomic E-state index is 11.4. The fourth-order valence-electron chi connectivity index (χ4n) is 2.38. The molecular weight excluding hydrogens is 326 g/mol. The van der Waals surface area contributed by atoms with Crippen molar-refractivity contribution in [2.24, 2.45) is 10.9 Å². The maximum Gasteiger partial charge on any atom is 0.238 e. The second kappa shape index (κ2) is 6.56. The quantitative estimate of drug-likeness (QED) is 0.737. The van der Waals surface area contributed by atoms with E-state index in [-0.39, 0.29) is 4.90 Å². The molecule has 3 rings (SSSR count). The standard InChI is InChI=1S/C17H17N3O3S/c18-11-10-15-20-16(12-4-2-1-3-5-12)17(23-15)13-6-8-14(9-7-13)24(19,21)22/h1-9H,10-11,18H2,(H2,19,21,22). The Kier molecular flexibility index (Phi) is 4.48. The summed E-state index contributed by atoms with van der Waals surface area (Å²) >= 11 is 0. The average molecular weight is 343 g/mol. The molecule has 7 heteroatoms. The third-order valence-electron chi connectivity index (χ3n) is 3.52. The molecule has 124 valence electrons. The third kappa shape index (κ3) is 3.38. The normalized spacial score (nSPS) is 11.6. The van der Waals surface area contributed by atoms with E-state index < -0.39 is 10.0 Å². The Morgan fingerprint density at radius 1 is 0.958 bits per heavy atom. The highest BCUT2D eigenvalue weighted by Crippen LogP contribution is 2.33. The minimum atomic E-state index is -3.73. The van der Waals surface area contributed by atoms with E-state index in [1.807, 2.05) is 30.3 Å². The predicted octanol–water partition coefficient (Wildman–Crippen LogP) is 2.16. The lowest BCUT2D eigenvalue weighted by Crippen LogP contribution is -2.11. The summed E-state index contributed by atoms with van der Waals surface area (Å²) in [6.45, 7) is 0.429. The number of sulfonamides is 1. The molecule has 0 radical (unpaired) electrons.